The standard InChI is InChI=1S/C26H29N3O5/c1-2-3-4-5-9-12-21(19-10-7-6-8-11-19)29-17-27(15-18-13-14-18)25(32)22-24(31)23(30)20(26(33)34)16-28(22)29/h3-11,16,18,21,31H,2,12-15,17H2,1H3,(H,33,34)/b4-3-,9-5-. The van der Waals surface area contributed by atoms with Gasteiger partial charge in [0.15, 0.2) is 11.4 Å². The maximum Gasteiger partial charge on any atom is 0.341 e. The summed E-state index contributed by atoms with van der Waals surface area (Å²) in [5, 5.41) is 22.1. The number of carboxylic acid groups (broad SMARTS) is 1. The van der Waals surface area contributed by atoms with E-state index in [9.17, 15) is 24.6 Å². The Morgan fingerprint density at radius 3 is 2.50 bits per heavy atom. The molecule has 8 nitrogen and oxygen atoms in total. The predicted octanol–water partition coefficient (Wildman–Crippen LogP) is 3.67. The summed E-state index contributed by atoms with van der Waals surface area (Å²) in [5.74, 6) is -2.35. The Bertz CT molecular complexity index is 1180. The SMILES string of the molecule is CC/C=C\C=C/CC(c1ccccc1)N1CN(CC2CC2)C(=O)c2c(O)c(=O)c(C(=O)O)cn21. The van der Waals surface area contributed by atoms with Gasteiger partial charge < -0.3 is 15.1 Å². The first-order chi connectivity index (χ1) is 16.4. The Kier molecular flexibility index (Phi) is 6.86. The lowest BCUT2D eigenvalue weighted by Gasteiger charge is -2.44. The Morgan fingerprint density at radius 1 is 1.15 bits per heavy atom. The molecule has 1 unspecified atom stereocenters. The number of aromatic carboxylic acids is 1. The lowest BCUT2D eigenvalue weighted by Crippen LogP contribution is -2.56. The highest BCUT2D eigenvalue weighted by Gasteiger charge is 2.39. The number of allylic oxidation sites excluding steroid dienone is 3. The molecule has 34 heavy (non-hydrogen) atoms. The van der Waals surface area contributed by atoms with Crippen molar-refractivity contribution in [2.75, 3.05) is 18.2 Å². The number of pyridine rings is 1. The third-order valence-electron chi connectivity index (χ3n) is 6.18. The van der Waals surface area contributed by atoms with Crippen molar-refractivity contribution in [3.63, 3.8) is 0 Å². The van der Waals surface area contributed by atoms with E-state index in [1.807, 2.05) is 59.6 Å². The van der Waals surface area contributed by atoms with Crippen LogP contribution in [0.3, 0.4) is 0 Å². The molecular formula is C26H29N3O5. The highest BCUT2D eigenvalue weighted by Crippen LogP contribution is 2.34. The zero-order chi connectivity index (χ0) is 24.2. The smallest absolute Gasteiger partial charge is 0.341 e. The fraction of sp³-hybridized carbons (Fsp3) is 0.346. The van der Waals surface area contributed by atoms with E-state index in [1.54, 1.807) is 4.90 Å². The lowest BCUT2D eigenvalue weighted by molar-refractivity contribution is 0.0650. The van der Waals surface area contributed by atoms with Crippen molar-refractivity contribution < 1.29 is 19.8 Å². The molecule has 2 aromatic rings. The zero-order valence-corrected chi connectivity index (χ0v) is 19.1. The molecule has 1 aliphatic carbocycles. The first-order valence-corrected chi connectivity index (χ1v) is 11.6. The summed E-state index contributed by atoms with van der Waals surface area (Å²) in [6, 6.07) is 9.44. The minimum Gasteiger partial charge on any atom is -0.502 e. The Hall–Kier alpha value is -3.81. The molecule has 178 valence electrons. The van der Waals surface area contributed by atoms with Crippen LogP contribution in [-0.4, -0.2) is 44.9 Å². The van der Waals surface area contributed by atoms with E-state index in [-0.39, 0.29) is 18.4 Å². The Morgan fingerprint density at radius 2 is 1.85 bits per heavy atom. The molecule has 1 saturated carbocycles. The minimum atomic E-state index is -1.45. The largest absolute Gasteiger partial charge is 0.502 e. The van der Waals surface area contributed by atoms with Crippen molar-refractivity contribution in [2.45, 2.75) is 38.6 Å². The molecule has 0 radical (unpaired) electrons. The summed E-state index contributed by atoms with van der Waals surface area (Å²) < 4.78 is 1.36. The van der Waals surface area contributed by atoms with Crippen LogP contribution in [0.4, 0.5) is 0 Å². The second-order valence-electron chi connectivity index (χ2n) is 8.70. The summed E-state index contributed by atoms with van der Waals surface area (Å²) in [5.41, 5.74) is -0.866. The molecule has 1 aromatic carbocycles. The second kappa shape index (κ2) is 9.99. The fourth-order valence-corrected chi connectivity index (χ4v) is 4.21. The van der Waals surface area contributed by atoms with E-state index in [2.05, 4.69) is 6.92 Å². The van der Waals surface area contributed by atoms with Crippen LogP contribution in [0.2, 0.25) is 0 Å². The number of fused-ring (bicyclic) bond motifs is 1. The van der Waals surface area contributed by atoms with Crippen molar-refractivity contribution in [1.82, 2.24) is 9.58 Å². The second-order valence-corrected chi connectivity index (χ2v) is 8.70. The van der Waals surface area contributed by atoms with Crippen molar-refractivity contribution in [3.05, 3.63) is 87.9 Å². The quantitative estimate of drug-likeness (QED) is 0.550. The van der Waals surface area contributed by atoms with Gasteiger partial charge in [-0.15, -0.1) is 0 Å². The van der Waals surface area contributed by atoms with Gasteiger partial charge in [-0.05, 0) is 37.2 Å². The van der Waals surface area contributed by atoms with E-state index in [1.165, 1.54) is 4.68 Å². The molecule has 2 N–H and O–H groups in total. The topological polar surface area (TPSA) is 103 Å². The number of hydrogen-bond donors (Lipinski definition) is 2. The van der Waals surface area contributed by atoms with E-state index in [4.69, 9.17) is 0 Å². The van der Waals surface area contributed by atoms with E-state index in [0.717, 1.165) is 31.0 Å². The zero-order valence-electron chi connectivity index (χ0n) is 19.1. The first-order valence-electron chi connectivity index (χ1n) is 11.6. The minimum absolute atomic E-state index is 0.197. The van der Waals surface area contributed by atoms with E-state index in [0.29, 0.717) is 18.9 Å². The number of carbonyl (C=O) groups excluding carboxylic acids is 1. The third kappa shape index (κ3) is 4.76. The molecule has 2 aliphatic rings. The van der Waals surface area contributed by atoms with E-state index >= 15 is 0 Å². The highest BCUT2D eigenvalue weighted by atomic mass is 16.4. The van der Waals surface area contributed by atoms with Gasteiger partial charge in [0.25, 0.3) is 5.91 Å². The summed E-state index contributed by atoms with van der Waals surface area (Å²) in [7, 11) is 0. The molecule has 8 heteroatoms. The Labute approximate surface area is 198 Å². The normalized spacial score (nSPS) is 16.9. The number of amides is 1. The average Bonchev–Trinajstić information content (AvgIpc) is 3.65. The van der Waals surface area contributed by atoms with Crippen LogP contribution in [0.15, 0.2) is 65.6 Å². The molecule has 4 rings (SSSR count). The molecule has 1 atom stereocenters. The van der Waals surface area contributed by atoms with Crippen LogP contribution in [0, 0.1) is 5.92 Å². The average molecular weight is 464 g/mol. The number of hydrogen-bond acceptors (Lipinski definition) is 5. The molecule has 0 bridgehead atoms. The first kappa shape index (κ1) is 23.4. The van der Waals surface area contributed by atoms with Gasteiger partial charge in [0, 0.05) is 12.7 Å². The number of carbonyl (C=O) groups is 2. The molecule has 0 saturated heterocycles. The monoisotopic (exact) mass is 463 g/mol. The van der Waals surface area contributed by atoms with E-state index < -0.39 is 28.6 Å². The maximum atomic E-state index is 13.3. The third-order valence-corrected chi connectivity index (χ3v) is 6.18. The number of aromatic hydroxyl groups is 1. The van der Waals surface area contributed by atoms with Gasteiger partial charge in [0.05, 0.1) is 6.04 Å². The van der Waals surface area contributed by atoms with Crippen molar-refractivity contribution in [2.24, 2.45) is 5.92 Å². The Balaban J connectivity index is 1.84. The summed E-state index contributed by atoms with van der Waals surface area (Å²) in [4.78, 5) is 39.2. The van der Waals surface area contributed by atoms with Crippen LogP contribution >= 0.6 is 0 Å². The molecular weight excluding hydrogens is 434 g/mol. The number of aromatic nitrogens is 1. The van der Waals surface area contributed by atoms with Crippen molar-refractivity contribution in [1.29, 1.82) is 0 Å². The number of carboxylic acids is 1. The van der Waals surface area contributed by atoms with Gasteiger partial charge in [0.1, 0.15) is 12.2 Å². The van der Waals surface area contributed by atoms with Gasteiger partial charge in [-0.1, -0.05) is 61.6 Å². The number of benzene rings is 1. The molecule has 1 amide bonds. The maximum absolute atomic E-state index is 13.3. The summed E-state index contributed by atoms with van der Waals surface area (Å²) in [6.45, 7) is 2.79. The van der Waals surface area contributed by atoms with Crippen molar-refractivity contribution >= 4 is 11.9 Å². The number of rotatable bonds is 9. The van der Waals surface area contributed by atoms with Gasteiger partial charge in [-0.2, -0.15) is 0 Å². The highest BCUT2D eigenvalue weighted by molar-refractivity contribution is 5.97. The summed E-state index contributed by atoms with van der Waals surface area (Å²) in [6.07, 6.45) is 12.7. The van der Waals surface area contributed by atoms with Gasteiger partial charge in [-0.25, -0.2) is 4.79 Å². The molecule has 2 heterocycles. The van der Waals surface area contributed by atoms with Gasteiger partial charge in [0.2, 0.25) is 5.43 Å². The van der Waals surface area contributed by atoms with Crippen LogP contribution in [0.1, 0.15) is 65.1 Å². The predicted molar refractivity (Wildman–Crippen MR) is 129 cm³/mol. The van der Waals surface area contributed by atoms with Crippen molar-refractivity contribution in [3.8, 4) is 5.75 Å². The van der Waals surface area contributed by atoms with Crippen LogP contribution in [0.5, 0.6) is 5.75 Å². The van der Waals surface area contributed by atoms with Gasteiger partial charge in [-0.3, -0.25) is 19.3 Å². The molecule has 1 aliphatic heterocycles. The van der Waals surface area contributed by atoms with Gasteiger partial charge >= 0.3 is 5.97 Å². The van der Waals surface area contributed by atoms with Crippen LogP contribution in [-0.2, 0) is 0 Å². The summed E-state index contributed by atoms with van der Waals surface area (Å²) >= 11 is 0. The van der Waals surface area contributed by atoms with Crippen LogP contribution in [0.25, 0.3) is 0 Å². The lowest BCUT2D eigenvalue weighted by atomic mass is 10.0. The number of nitrogens with zero attached hydrogens (tertiary/aromatic N) is 3. The molecule has 1 fully saturated rings. The molecule has 1 aromatic heterocycles. The fourth-order valence-electron chi connectivity index (χ4n) is 4.21. The van der Waals surface area contributed by atoms with Crippen LogP contribution < -0.4 is 10.4 Å². The molecule has 0 spiro atoms.